The number of aliphatic imine (C=N–C) groups is 1. The van der Waals surface area contributed by atoms with E-state index in [4.69, 9.17) is 44.6 Å². The summed E-state index contributed by atoms with van der Waals surface area (Å²) in [6, 6.07) is 28.2. The minimum absolute atomic E-state index is 0.698. The second-order valence-corrected chi connectivity index (χ2v) is 15.6. The first-order valence-corrected chi connectivity index (χ1v) is 21.0. The lowest BCUT2D eigenvalue weighted by atomic mass is 10.0. The molecule has 7 rings (SSSR count). The summed E-state index contributed by atoms with van der Waals surface area (Å²) in [7, 11) is 0. The molecule has 0 aliphatic heterocycles. The average Bonchev–Trinajstić information content (AvgIpc) is 3.20. The molecule has 8 N–H and O–H groups in total. The molecule has 1 aromatic heterocycles. The molecule has 0 amide bonds. The van der Waals surface area contributed by atoms with Crippen LogP contribution in [0.3, 0.4) is 0 Å². The number of quaternary nitrogens is 1. The number of nitrogens with one attached hydrogen (secondary N) is 2. The number of nitrogens with zero attached hydrogens (tertiary/aromatic N) is 3. The number of benzene rings is 5. The van der Waals surface area contributed by atoms with Gasteiger partial charge in [-0.3, -0.25) is 5.32 Å². The van der Waals surface area contributed by atoms with Crippen molar-refractivity contribution in [3.8, 4) is 5.69 Å². The summed E-state index contributed by atoms with van der Waals surface area (Å²) in [5.74, 6) is 0. The molecular formula is C48H56Cl2N8+2. The fourth-order valence-electron chi connectivity index (χ4n) is 7.16. The van der Waals surface area contributed by atoms with Crippen molar-refractivity contribution in [3.63, 3.8) is 0 Å². The van der Waals surface area contributed by atoms with Gasteiger partial charge in [0, 0.05) is 100 Å². The van der Waals surface area contributed by atoms with E-state index in [0.717, 1.165) is 124 Å². The topological polar surface area (TPSA) is 122 Å². The van der Waals surface area contributed by atoms with E-state index in [1.807, 2.05) is 88.4 Å². The van der Waals surface area contributed by atoms with Crippen LogP contribution in [0, 0.1) is 20.8 Å². The minimum atomic E-state index is 0.698. The zero-order chi connectivity index (χ0) is 41.3. The van der Waals surface area contributed by atoms with Gasteiger partial charge in [0.2, 0.25) is 16.7 Å². The van der Waals surface area contributed by atoms with E-state index >= 15 is 0 Å². The summed E-state index contributed by atoms with van der Waals surface area (Å²) >= 11 is 12.4. The smallest absolute Gasteiger partial charge is 0.239 e. The number of halogens is 2. The molecule has 0 unspecified atom stereocenters. The van der Waals surface area contributed by atoms with Crippen LogP contribution in [0.25, 0.3) is 27.8 Å². The SMILES string of the molecule is CC.CC1=CC(=Nc2cc(C)c(N)cc2[NH2+]c2ccc(Cl)cc2)CC=C1NCCCCCCNc1cc2c(cc1C)nc1cc(C)c(N)cc1[n+]2-c1ccc(Cl)cc1. The third-order valence-electron chi connectivity index (χ3n) is 10.4. The Hall–Kier alpha value is -5.41. The Morgan fingerprint density at radius 1 is 0.707 bits per heavy atom. The van der Waals surface area contributed by atoms with Gasteiger partial charge < -0.3 is 22.1 Å². The van der Waals surface area contributed by atoms with Crippen molar-refractivity contribution in [2.24, 2.45) is 4.99 Å². The highest BCUT2D eigenvalue weighted by atomic mass is 35.5. The van der Waals surface area contributed by atoms with Crippen LogP contribution in [0.4, 0.5) is 34.1 Å². The van der Waals surface area contributed by atoms with E-state index in [2.05, 4.69) is 70.8 Å². The predicted octanol–water partition coefficient (Wildman–Crippen LogP) is 11.2. The van der Waals surface area contributed by atoms with Crippen molar-refractivity contribution < 1.29 is 9.88 Å². The molecule has 5 aromatic carbocycles. The van der Waals surface area contributed by atoms with Gasteiger partial charge in [-0.25, -0.2) is 9.98 Å². The van der Waals surface area contributed by atoms with Gasteiger partial charge in [-0.05, 0) is 111 Å². The third kappa shape index (κ3) is 10.2. The fraction of sp³-hybridized carbons (Fsp3) is 0.271. The molecule has 0 saturated heterocycles. The van der Waals surface area contributed by atoms with Crippen LogP contribution in [0.2, 0.25) is 10.0 Å². The summed E-state index contributed by atoms with van der Waals surface area (Å²) in [6.07, 6.45) is 9.71. The van der Waals surface area contributed by atoms with Crippen LogP contribution in [0.15, 0.2) is 113 Å². The molecule has 10 heteroatoms. The van der Waals surface area contributed by atoms with Gasteiger partial charge in [-0.15, -0.1) is 4.57 Å². The molecule has 0 fully saturated rings. The van der Waals surface area contributed by atoms with Crippen LogP contribution < -0.4 is 32.0 Å². The molecule has 1 aliphatic carbocycles. The maximum absolute atomic E-state index is 6.39. The third-order valence-corrected chi connectivity index (χ3v) is 10.9. The second-order valence-electron chi connectivity index (χ2n) is 14.8. The maximum atomic E-state index is 6.39. The summed E-state index contributed by atoms with van der Waals surface area (Å²) in [4.78, 5) is 10.1. The molecule has 0 saturated carbocycles. The Kier molecular flexibility index (Phi) is 14.1. The van der Waals surface area contributed by atoms with Gasteiger partial charge in [0.25, 0.3) is 0 Å². The Morgan fingerprint density at radius 2 is 1.29 bits per heavy atom. The van der Waals surface area contributed by atoms with Gasteiger partial charge in [-0.2, -0.15) is 0 Å². The van der Waals surface area contributed by atoms with E-state index in [-0.39, 0.29) is 0 Å². The molecule has 0 atom stereocenters. The number of rotatable bonds is 13. The van der Waals surface area contributed by atoms with Crippen LogP contribution in [0.5, 0.6) is 0 Å². The van der Waals surface area contributed by atoms with E-state index in [1.54, 1.807) is 0 Å². The molecule has 1 aliphatic rings. The molecular weight excluding hydrogens is 759 g/mol. The van der Waals surface area contributed by atoms with Crippen molar-refractivity contribution in [2.75, 3.05) is 29.9 Å². The second kappa shape index (κ2) is 19.4. The van der Waals surface area contributed by atoms with Gasteiger partial charge in [0.1, 0.15) is 22.4 Å². The monoisotopic (exact) mass is 814 g/mol. The molecule has 6 aromatic rings. The number of hydrogen-bond donors (Lipinski definition) is 5. The summed E-state index contributed by atoms with van der Waals surface area (Å²) in [6.45, 7) is 14.2. The molecule has 1 heterocycles. The van der Waals surface area contributed by atoms with Crippen molar-refractivity contribution >= 4 is 85.1 Å². The normalized spacial score (nSPS) is 13.3. The van der Waals surface area contributed by atoms with Gasteiger partial charge >= 0.3 is 0 Å². The van der Waals surface area contributed by atoms with Crippen LogP contribution in [-0.2, 0) is 0 Å². The van der Waals surface area contributed by atoms with Gasteiger partial charge in [0.15, 0.2) is 5.69 Å². The number of fused-ring (bicyclic) bond motifs is 2. The number of nitrogen functional groups attached to an aromatic ring is 2. The van der Waals surface area contributed by atoms with Crippen LogP contribution in [-0.4, -0.2) is 23.8 Å². The standard InChI is InChI=1S/C46H48Cl2N8.C2H6/c1-28-22-41(42(25-37(28)49)53-34-13-9-32(47)10-14-34)54-35-15-18-39(30(3)21-35)51-19-7-5-6-8-20-52-40-27-46-44(24-31(40)4)55-43-23-29(2)38(50)26-45(43)56(46)36-16-11-33(48)12-17-36;1-2/h9-14,16-18,21-27,51,53H,5-8,15,19-20,49H2,1-4H3,(H2,50,52);1-2H3/p+2. The first kappa shape index (κ1) is 42.2. The van der Waals surface area contributed by atoms with Crippen LogP contribution in [0.1, 0.15) is 69.6 Å². The molecule has 300 valence electrons. The van der Waals surface area contributed by atoms with Gasteiger partial charge in [-0.1, -0.05) is 56.0 Å². The summed E-state index contributed by atoms with van der Waals surface area (Å²) < 4.78 is 2.23. The van der Waals surface area contributed by atoms with Crippen molar-refractivity contribution in [1.29, 1.82) is 0 Å². The van der Waals surface area contributed by atoms with E-state index in [9.17, 15) is 0 Å². The lowest BCUT2D eigenvalue weighted by Gasteiger charge is -2.17. The molecule has 58 heavy (non-hydrogen) atoms. The van der Waals surface area contributed by atoms with Crippen molar-refractivity contribution in [2.45, 2.75) is 73.6 Å². The predicted molar refractivity (Wildman–Crippen MR) is 248 cm³/mol. The maximum Gasteiger partial charge on any atom is 0.239 e. The number of anilines is 3. The zero-order valence-corrected chi connectivity index (χ0v) is 36.0. The molecule has 0 spiro atoms. The quantitative estimate of drug-likeness (QED) is 0.0344. The largest absolute Gasteiger partial charge is 0.398 e. The van der Waals surface area contributed by atoms with E-state index < -0.39 is 0 Å². The fourth-order valence-corrected chi connectivity index (χ4v) is 7.41. The van der Waals surface area contributed by atoms with Gasteiger partial charge in [0.05, 0.1) is 0 Å². The number of nitrogens with two attached hydrogens (primary N) is 3. The van der Waals surface area contributed by atoms with E-state index in [1.165, 1.54) is 16.8 Å². The lowest BCUT2D eigenvalue weighted by molar-refractivity contribution is -0.538. The number of unbranched alkanes of at least 4 members (excludes halogenated alkanes) is 3. The summed E-state index contributed by atoms with van der Waals surface area (Å²) in [5.41, 5.74) is 29.7. The first-order valence-electron chi connectivity index (χ1n) is 20.3. The highest BCUT2D eigenvalue weighted by molar-refractivity contribution is 6.30. The van der Waals surface area contributed by atoms with Crippen molar-refractivity contribution in [1.82, 2.24) is 10.3 Å². The first-order chi connectivity index (χ1) is 28.0. The Balaban J connectivity index is 0.00000279. The lowest BCUT2D eigenvalue weighted by Crippen LogP contribution is -2.71. The highest BCUT2D eigenvalue weighted by Gasteiger charge is 2.22. The average molecular weight is 816 g/mol. The van der Waals surface area contributed by atoms with Crippen LogP contribution >= 0.6 is 23.2 Å². The highest BCUT2D eigenvalue weighted by Crippen LogP contribution is 2.30. The van der Waals surface area contributed by atoms with E-state index in [0.29, 0.717) is 10.0 Å². The summed E-state index contributed by atoms with van der Waals surface area (Å²) in [5, 5.41) is 10.9. The molecule has 0 radical (unpaired) electrons. The Morgan fingerprint density at radius 3 is 1.97 bits per heavy atom. The number of aromatic nitrogens is 2. The number of hydrogen-bond acceptors (Lipinski definition) is 6. The molecule has 8 nitrogen and oxygen atoms in total. The number of allylic oxidation sites excluding steroid dienone is 3. The van der Waals surface area contributed by atoms with Crippen molar-refractivity contribution in [3.05, 3.63) is 135 Å². The Labute approximate surface area is 353 Å². The Bertz CT molecular complexity index is 2500. The zero-order valence-electron chi connectivity index (χ0n) is 34.5. The minimum Gasteiger partial charge on any atom is -0.398 e. The number of aryl methyl sites for hydroxylation is 3. The molecule has 0 bridgehead atoms.